The van der Waals surface area contributed by atoms with E-state index in [0.29, 0.717) is 11.4 Å². The Morgan fingerprint density at radius 2 is 1.43 bits per heavy atom. The number of aliphatic carboxylic acids is 1. The average Bonchev–Trinajstić information content (AvgIpc) is 2.47. The van der Waals surface area contributed by atoms with Crippen LogP contribution in [0, 0.1) is 0 Å². The molecule has 0 bridgehead atoms. The first-order valence-corrected chi connectivity index (χ1v) is 6.72. The van der Waals surface area contributed by atoms with Crippen molar-refractivity contribution in [1.29, 1.82) is 0 Å². The normalized spacial score (nSPS) is 11.1. The van der Waals surface area contributed by atoms with E-state index < -0.39 is 11.9 Å². The van der Waals surface area contributed by atoms with Gasteiger partial charge in [-0.05, 0) is 31.2 Å². The summed E-state index contributed by atoms with van der Waals surface area (Å²) >= 11 is 0. The van der Waals surface area contributed by atoms with Gasteiger partial charge in [-0.15, -0.1) is 0 Å². The smallest absolute Gasteiger partial charge is 0.328 e. The Morgan fingerprint density at radius 1 is 0.957 bits per heavy atom. The van der Waals surface area contributed by atoms with Gasteiger partial charge in [0, 0.05) is 23.8 Å². The Kier molecular flexibility index (Phi) is 4.66. The van der Waals surface area contributed by atoms with Crippen molar-refractivity contribution >= 4 is 23.3 Å². The van der Waals surface area contributed by atoms with Crippen molar-refractivity contribution in [3.8, 4) is 11.5 Å². The van der Waals surface area contributed by atoms with E-state index in [2.05, 4.69) is 0 Å². The van der Waals surface area contributed by atoms with E-state index in [0.717, 1.165) is 6.08 Å². The van der Waals surface area contributed by atoms with E-state index in [4.69, 9.17) is 5.11 Å². The summed E-state index contributed by atoms with van der Waals surface area (Å²) in [5, 5.41) is 28.1. The van der Waals surface area contributed by atoms with Gasteiger partial charge < -0.3 is 15.3 Å². The summed E-state index contributed by atoms with van der Waals surface area (Å²) in [6, 6.07) is 12.0. The van der Waals surface area contributed by atoms with Gasteiger partial charge in [0.05, 0.1) is 11.4 Å². The van der Waals surface area contributed by atoms with E-state index >= 15 is 0 Å². The number of aromatic hydroxyl groups is 2. The van der Waals surface area contributed by atoms with Crippen molar-refractivity contribution in [2.24, 2.45) is 0 Å². The minimum absolute atomic E-state index is 0.00388. The van der Waals surface area contributed by atoms with Crippen LogP contribution in [-0.2, 0) is 9.59 Å². The van der Waals surface area contributed by atoms with Crippen LogP contribution in [0.3, 0.4) is 0 Å². The van der Waals surface area contributed by atoms with E-state index in [1.807, 2.05) is 0 Å². The lowest BCUT2D eigenvalue weighted by Crippen LogP contribution is -2.27. The lowest BCUT2D eigenvalue weighted by atomic mass is 10.1. The van der Waals surface area contributed by atoms with Crippen LogP contribution in [0.2, 0.25) is 0 Å². The van der Waals surface area contributed by atoms with Gasteiger partial charge in [-0.25, -0.2) is 4.79 Å². The van der Waals surface area contributed by atoms with Gasteiger partial charge in [0.25, 0.3) is 5.91 Å². The first kappa shape index (κ1) is 16.1. The highest BCUT2D eigenvalue weighted by atomic mass is 16.4. The highest BCUT2D eigenvalue weighted by Gasteiger charge is 2.21. The number of rotatable bonds is 4. The molecule has 0 radical (unpaired) electrons. The molecule has 2 rings (SSSR count). The Morgan fingerprint density at radius 3 is 1.83 bits per heavy atom. The Hall–Kier alpha value is -3.28. The number of carbonyl (C=O) groups excluding carboxylic acids is 1. The summed E-state index contributed by atoms with van der Waals surface area (Å²) in [4.78, 5) is 24.6. The number of hydrogen-bond donors (Lipinski definition) is 3. The van der Waals surface area contributed by atoms with Gasteiger partial charge in [-0.3, -0.25) is 9.69 Å². The van der Waals surface area contributed by atoms with Crippen LogP contribution in [0.1, 0.15) is 6.92 Å². The zero-order valence-electron chi connectivity index (χ0n) is 12.3. The number of carbonyl (C=O) groups is 2. The number of anilines is 2. The molecule has 0 fully saturated rings. The van der Waals surface area contributed by atoms with Crippen molar-refractivity contribution in [3.63, 3.8) is 0 Å². The minimum Gasteiger partial charge on any atom is -0.508 e. The number of amides is 1. The van der Waals surface area contributed by atoms with Crippen molar-refractivity contribution < 1.29 is 24.9 Å². The number of benzene rings is 2. The predicted molar refractivity (Wildman–Crippen MR) is 84.8 cm³/mol. The van der Waals surface area contributed by atoms with Crippen LogP contribution >= 0.6 is 0 Å². The third-order valence-electron chi connectivity index (χ3n) is 3.06. The Bertz CT molecular complexity index is 737. The molecule has 0 aromatic heterocycles. The fourth-order valence-electron chi connectivity index (χ4n) is 2.07. The van der Waals surface area contributed by atoms with E-state index in [9.17, 15) is 19.8 Å². The topological polar surface area (TPSA) is 98.1 Å². The number of phenolic OH excluding ortho intramolecular Hbond substituents is 2. The molecular formula is C17H15NO5. The molecule has 2 aromatic rings. The maximum atomic E-state index is 12.6. The minimum atomic E-state index is -1.23. The van der Waals surface area contributed by atoms with Crippen molar-refractivity contribution in [1.82, 2.24) is 0 Å². The quantitative estimate of drug-likeness (QED) is 0.754. The molecule has 0 saturated carbocycles. The lowest BCUT2D eigenvalue weighted by Gasteiger charge is -2.23. The molecule has 0 heterocycles. The zero-order valence-corrected chi connectivity index (χ0v) is 12.3. The van der Waals surface area contributed by atoms with E-state index in [-0.39, 0.29) is 17.1 Å². The molecule has 118 valence electrons. The second-order valence-corrected chi connectivity index (χ2v) is 4.85. The maximum absolute atomic E-state index is 12.6. The van der Waals surface area contributed by atoms with Crippen LogP contribution in [0.25, 0.3) is 0 Å². The van der Waals surface area contributed by atoms with Crippen molar-refractivity contribution in [2.75, 3.05) is 4.90 Å². The summed E-state index contributed by atoms with van der Waals surface area (Å²) < 4.78 is 0. The van der Waals surface area contributed by atoms with Crippen molar-refractivity contribution in [2.45, 2.75) is 6.92 Å². The second-order valence-electron chi connectivity index (χ2n) is 4.85. The first-order valence-electron chi connectivity index (χ1n) is 6.72. The third-order valence-corrected chi connectivity index (χ3v) is 3.06. The molecule has 0 aliphatic carbocycles. The molecule has 0 atom stereocenters. The monoisotopic (exact) mass is 313 g/mol. The molecule has 0 unspecified atom stereocenters. The van der Waals surface area contributed by atoms with Crippen LogP contribution in [0.4, 0.5) is 11.4 Å². The highest BCUT2D eigenvalue weighted by Crippen LogP contribution is 2.31. The molecule has 0 aliphatic heterocycles. The second kappa shape index (κ2) is 6.65. The summed E-state index contributed by atoms with van der Waals surface area (Å²) in [6.45, 7) is 1.38. The molecule has 6 heteroatoms. The molecule has 3 N–H and O–H groups in total. The van der Waals surface area contributed by atoms with Gasteiger partial charge in [0.1, 0.15) is 11.5 Å². The largest absolute Gasteiger partial charge is 0.508 e. The van der Waals surface area contributed by atoms with Gasteiger partial charge in [-0.1, -0.05) is 12.1 Å². The predicted octanol–water partition coefficient (Wildman–Crippen LogP) is 2.79. The number of nitrogens with zero attached hydrogens (tertiary/aromatic N) is 1. The molecule has 6 nitrogen and oxygen atoms in total. The van der Waals surface area contributed by atoms with E-state index in [1.54, 1.807) is 24.3 Å². The summed E-state index contributed by atoms with van der Waals surface area (Å²) in [6.07, 6.45) is 0.806. The third kappa shape index (κ3) is 3.88. The van der Waals surface area contributed by atoms with Crippen LogP contribution < -0.4 is 4.90 Å². The maximum Gasteiger partial charge on any atom is 0.328 e. The molecule has 0 aliphatic rings. The number of hydrogen-bond acceptors (Lipinski definition) is 4. The van der Waals surface area contributed by atoms with E-state index in [1.165, 1.54) is 36.1 Å². The number of carboxylic acid groups (broad SMARTS) is 1. The molecular weight excluding hydrogens is 298 g/mol. The van der Waals surface area contributed by atoms with Crippen molar-refractivity contribution in [3.05, 3.63) is 60.2 Å². The number of phenols is 2. The molecule has 1 amide bonds. The lowest BCUT2D eigenvalue weighted by molar-refractivity contribution is -0.131. The molecule has 0 saturated heterocycles. The molecule has 0 spiro atoms. The van der Waals surface area contributed by atoms with Crippen LogP contribution in [0.15, 0.2) is 60.2 Å². The summed E-state index contributed by atoms with van der Waals surface area (Å²) in [5.74, 6) is -1.90. The first-order chi connectivity index (χ1) is 10.9. The van der Waals surface area contributed by atoms with Crippen LogP contribution in [-0.4, -0.2) is 27.2 Å². The zero-order chi connectivity index (χ0) is 17.0. The summed E-state index contributed by atoms with van der Waals surface area (Å²) in [5.41, 5.74) is 0.696. The summed E-state index contributed by atoms with van der Waals surface area (Å²) in [7, 11) is 0. The Labute approximate surface area is 132 Å². The number of carboxylic acids is 1. The van der Waals surface area contributed by atoms with Gasteiger partial charge in [0.15, 0.2) is 0 Å². The van der Waals surface area contributed by atoms with Crippen LogP contribution in [0.5, 0.6) is 11.5 Å². The fourth-order valence-corrected chi connectivity index (χ4v) is 2.07. The fraction of sp³-hybridized carbons (Fsp3) is 0.0588. The Balaban J connectivity index is 2.56. The van der Waals surface area contributed by atoms with Gasteiger partial charge in [-0.2, -0.15) is 0 Å². The average molecular weight is 313 g/mol. The molecule has 2 aromatic carbocycles. The van der Waals surface area contributed by atoms with Gasteiger partial charge >= 0.3 is 5.97 Å². The molecule has 23 heavy (non-hydrogen) atoms. The standard InChI is InChI=1S/C17H15NO5/c1-11(8-16(21)22)17(23)18(12-4-2-6-14(19)9-12)13-5-3-7-15(20)10-13/h2-10,19-20H,1H3,(H,21,22)/b11-8-. The SMILES string of the molecule is C/C(=C/C(=O)O)C(=O)N(c1cccc(O)c1)c1cccc(O)c1. The highest BCUT2D eigenvalue weighted by molar-refractivity contribution is 6.12. The van der Waals surface area contributed by atoms with Gasteiger partial charge in [0.2, 0.25) is 0 Å².